The van der Waals surface area contributed by atoms with Crippen LogP contribution in [0.25, 0.3) is 0 Å². The zero-order valence-electron chi connectivity index (χ0n) is 11.3. The molecule has 1 unspecified atom stereocenters. The Hall–Kier alpha value is -1.08. The van der Waals surface area contributed by atoms with Gasteiger partial charge >= 0.3 is 5.97 Å². The van der Waals surface area contributed by atoms with Crippen molar-refractivity contribution in [2.24, 2.45) is 7.05 Å². The highest BCUT2D eigenvalue weighted by Crippen LogP contribution is 2.20. The molecule has 102 valence electrons. The van der Waals surface area contributed by atoms with Crippen molar-refractivity contribution >= 4 is 17.7 Å². The minimum absolute atomic E-state index is 0.217. The molecule has 0 aliphatic rings. The first kappa shape index (κ1) is 15.0. The lowest BCUT2D eigenvalue weighted by molar-refractivity contribution is -0.150. The lowest BCUT2D eigenvalue weighted by Gasteiger charge is -2.26. The normalized spacial score (nSPS) is 14.2. The van der Waals surface area contributed by atoms with Gasteiger partial charge in [0.15, 0.2) is 5.16 Å². The molecule has 1 N–H and O–H groups in total. The largest absolute Gasteiger partial charge is 0.465 e. The monoisotopic (exact) mass is 272 g/mol. The first-order chi connectivity index (χ1) is 8.53. The Kier molecular flexibility index (Phi) is 5.61. The quantitative estimate of drug-likeness (QED) is 0.586. The summed E-state index contributed by atoms with van der Waals surface area (Å²) in [4.78, 5) is 11.8. The number of carbonyl (C=O) groups excluding carboxylic acids is 1. The van der Waals surface area contributed by atoms with E-state index in [1.165, 1.54) is 0 Å². The molecular formula is C11H20N4O2S. The van der Waals surface area contributed by atoms with Gasteiger partial charge in [0.25, 0.3) is 0 Å². The zero-order valence-corrected chi connectivity index (χ0v) is 12.1. The number of nitrogens with one attached hydrogen (secondary N) is 1. The van der Waals surface area contributed by atoms with Crippen LogP contribution in [0.4, 0.5) is 0 Å². The molecule has 0 saturated heterocycles. The second-order valence-electron chi connectivity index (χ2n) is 4.13. The molecule has 0 aromatic carbocycles. The van der Waals surface area contributed by atoms with Gasteiger partial charge in [0.05, 0.1) is 6.61 Å². The van der Waals surface area contributed by atoms with Crippen molar-refractivity contribution in [1.82, 2.24) is 20.1 Å². The molecule has 0 aliphatic heterocycles. The molecule has 1 aromatic heterocycles. The van der Waals surface area contributed by atoms with Crippen LogP contribution in [-0.2, 0) is 16.6 Å². The van der Waals surface area contributed by atoms with E-state index in [9.17, 15) is 4.79 Å². The summed E-state index contributed by atoms with van der Waals surface area (Å²) in [5.41, 5.74) is -0.651. The highest BCUT2D eigenvalue weighted by molar-refractivity contribution is 7.99. The maximum Gasteiger partial charge on any atom is 0.326 e. The molecule has 18 heavy (non-hydrogen) atoms. The minimum atomic E-state index is -0.651. The number of likely N-dealkylation sites (N-methyl/N-ethyl adjacent to an activating group) is 1. The summed E-state index contributed by atoms with van der Waals surface area (Å²) < 4.78 is 6.92. The van der Waals surface area contributed by atoms with Gasteiger partial charge in [0, 0.05) is 12.8 Å². The predicted octanol–water partition coefficient (Wildman–Crippen LogP) is 0.839. The number of aryl methyl sites for hydroxylation is 1. The lowest BCUT2D eigenvalue weighted by atomic mass is 10.00. The zero-order chi connectivity index (χ0) is 13.6. The molecule has 1 atom stereocenters. The third-order valence-electron chi connectivity index (χ3n) is 2.78. The Bertz CT molecular complexity index is 396. The first-order valence-corrected chi connectivity index (χ1v) is 6.85. The van der Waals surface area contributed by atoms with E-state index >= 15 is 0 Å². The van der Waals surface area contributed by atoms with Gasteiger partial charge < -0.3 is 14.6 Å². The van der Waals surface area contributed by atoms with Gasteiger partial charge in [-0.15, -0.1) is 10.2 Å². The smallest absolute Gasteiger partial charge is 0.326 e. The van der Waals surface area contributed by atoms with Gasteiger partial charge in [-0.05, 0) is 27.3 Å². The average Bonchev–Trinajstić information content (AvgIpc) is 2.75. The summed E-state index contributed by atoms with van der Waals surface area (Å²) in [5, 5.41) is 11.7. The average molecular weight is 272 g/mol. The minimum Gasteiger partial charge on any atom is -0.465 e. The second-order valence-corrected chi connectivity index (χ2v) is 5.19. The maximum absolute atomic E-state index is 11.8. The number of hydrogen-bond acceptors (Lipinski definition) is 6. The van der Waals surface area contributed by atoms with Gasteiger partial charge in [-0.3, -0.25) is 4.79 Å². The Morgan fingerprint density at radius 2 is 2.39 bits per heavy atom. The van der Waals surface area contributed by atoms with Crippen molar-refractivity contribution in [3.05, 3.63) is 6.33 Å². The molecule has 0 radical (unpaired) electrons. The van der Waals surface area contributed by atoms with Crippen LogP contribution >= 0.6 is 11.8 Å². The number of carbonyl (C=O) groups is 1. The van der Waals surface area contributed by atoms with Crippen molar-refractivity contribution in [2.45, 2.75) is 31.0 Å². The fourth-order valence-corrected chi connectivity index (χ4v) is 2.42. The summed E-state index contributed by atoms with van der Waals surface area (Å²) in [6.07, 6.45) is 2.32. The summed E-state index contributed by atoms with van der Waals surface area (Å²) in [6.45, 7) is 4.05. The molecule has 0 aliphatic carbocycles. The van der Waals surface area contributed by atoms with E-state index < -0.39 is 5.54 Å². The summed E-state index contributed by atoms with van der Waals surface area (Å²) >= 11 is 1.57. The van der Waals surface area contributed by atoms with E-state index in [4.69, 9.17) is 4.74 Å². The number of thioether (sulfide) groups is 1. The van der Waals surface area contributed by atoms with Gasteiger partial charge in [-0.2, -0.15) is 0 Å². The second kappa shape index (κ2) is 6.75. The van der Waals surface area contributed by atoms with E-state index in [-0.39, 0.29) is 5.97 Å². The Morgan fingerprint density at radius 1 is 1.67 bits per heavy atom. The fraction of sp³-hybridized carbons (Fsp3) is 0.727. The predicted molar refractivity (Wildman–Crippen MR) is 70.4 cm³/mol. The van der Waals surface area contributed by atoms with Crippen molar-refractivity contribution in [3.8, 4) is 0 Å². The van der Waals surface area contributed by atoms with Crippen LogP contribution in [0.15, 0.2) is 11.5 Å². The van der Waals surface area contributed by atoms with E-state index in [1.54, 1.807) is 25.1 Å². The van der Waals surface area contributed by atoms with Crippen molar-refractivity contribution in [3.63, 3.8) is 0 Å². The molecule has 1 aromatic rings. The summed E-state index contributed by atoms with van der Waals surface area (Å²) in [6, 6.07) is 0. The Labute approximate surface area is 111 Å². The van der Waals surface area contributed by atoms with Crippen LogP contribution in [-0.4, -0.2) is 45.7 Å². The molecule has 0 amide bonds. The Balaban J connectivity index is 2.49. The van der Waals surface area contributed by atoms with Gasteiger partial charge in [-0.1, -0.05) is 11.8 Å². The van der Waals surface area contributed by atoms with Gasteiger partial charge in [-0.25, -0.2) is 0 Å². The van der Waals surface area contributed by atoms with Crippen molar-refractivity contribution in [2.75, 3.05) is 19.4 Å². The van der Waals surface area contributed by atoms with Crippen LogP contribution < -0.4 is 5.32 Å². The lowest BCUT2D eigenvalue weighted by Crippen LogP contribution is -2.49. The molecule has 0 saturated carbocycles. The van der Waals surface area contributed by atoms with Crippen LogP contribution in [0.2, 0.25) is 0 Å². The SMILES string of the molecule is CCOC(=O)C(C)(CCSc1nncn1C)NC. The van der Waals surface area contributed by atoms with Crippen LogP contribution in [0, 0.1) is 0 Å². The number of hydrogen-bond donors (Lipinski definition) is 1. The molecule has 6 nitrogen and oxygen atoms in total. The van der Waals surface area contributed by atoms with Gasteiger partial charge in [0.2, 0.25) is 0 Å². The molecule has 0 bridgehead atoms. The summed E-state index contributed by atoms with van der Waals surface area (Å²) in [5.74, 6) is 0.550. The molecule has 0 fully saturated rings. The topological polar surface area (TPSA) is 69.0 Å². The third-order valence-corrected chi connectivity index (χ3v) is 3.82. The fourth-order valence-electron chi connectivity index (χ4n) is 1.37. The van der Waals surface area contributed by atoms with Gasteiger partial charge in [0.1, 0.15) is 11.9 Å². The molecule has 1 rings (SSSR count). The maximum atomic E-state index is 11.8. The van der Waals surface area contributed by atoms with Crippen LogP contribution in [0.1, 0.15) is 20.3 Å². The summed E-state index contributed by atoms with van der Waals surface area (Å²) in [7, 11) is 3.66. The number of aromatic nitrogens is 3. The van der Waals surface area contributed by atoms with Crippen molar-refractivity contribution in [1.29, 1.82) is 0 Å². The van der Waals surface area contributed by atoms with Crippen LogP contribution in [0.5, 0.6) is 0 Å². The number of nitrogens with zero attached hydrogens (tertiary/aromatic N) is 3. The Morgan fingerprint density at radius 3 is 2.89 bits per heavy atom. The highest BCUT2D eigenvalue weighted by atomic mass is 32.2. The number of ether oxygens (including phenoxy) is 1. The van der Waals surface area contributed by atoms with E-state index in [0.29, 0.717) is 13.0 Å². The molecular weight excluding hydrogens is 252 g/mol. The first-order valence-electron chi connectivity index (χ1n) is 5.86. The van der Waals surface area contributed by atoms with E-state index in [0.717, 1.165) is 10.9 Å². The van der Waals surface area contributed by atoms with E-state index in [1.807, 2.05) is 25.5 Å². The van der Waals surface area contributed by atoms with Crippen molar-refractivity contribution < 1.29 is 9.53 Å². The highest BCUT2D eigenvalue weighted by Gasteiger charge is 2.32. The number of esters is 1. The standard InChI is InChI=1S/C11H20N4O2S/c1-5-17-9(16)11(2,12-3)6-7-18-10-14-13-8-15(10)4/h8,12H,5-7H2,1-4H3. The molecule has 7 heteroatoms. The number of rotatable bonds is 7. The third kappa shape index (κ3) is 3.71. The van der Waals surface area contributed by atoms with Crippen LogP contribution in [0.3, 0.4) is 0 Å². The molecule has 0 spiro atoms. The molecule has 1 heterocycles. The van der Waals surface area contributed by atoms with E-state index in [2.05, 4.69) is 15.5 Å².